The van der Waals surface area contributed by atoms with Gasteiger partial charge < -0.3 is 0 Å². The van der Waals surface area contributed by atoms with Crippen LogP contribution in [0.2, 0.25) is 0 Å². The van der Waals surface area contributed by atoms with Crippen LogP contribution in [0.3, 0.4) is 0 Å². The number of hydrogen-bond donors (Lipinski definition) is 0. The van der Waals surface area contributed by atoms with E-state index in [9.17, 15) is 4.39 Å². The molecule has 0 saturated heterocycles. The molecule has 0 radical (unpaired) electrons. The van der Waals surface area contributed by atoms with Crippen LogP contribution in [-0.4, -0.2) is 0 Å². The highest BCUT2D eigenvalue weighted by Crippen LogP contribution is 2.36. The van der Waals surface area contributed by atoms with Crippen LogP contribution in [0.1, 0.15) is 67.2 Å². The van der Waals surface area contributed by atoms with Crippen LogP contribution in [0, 0.1) is 42.3 Å². The van der Waals surface area contributed by atoms with Gasteiger partial charge in [0.05, 0.1) is 0 Å². The standard InChI is InChI=1S/C25H25F/c1-3-4-5-20-10-14-23(15-11-20)24-16-12-21(13-17-24)8-9-22-7-6-19(2)25(26)18-22/h6-7,12-13,16-18,20,23H,5,10-11,14-15H2,1-2H3. The minimum Gasteiger partial charge on any atom is -0.207 e. The molecule has 132 valence electrons. The van der Waals surface area contributed by atoms with Crippen molar-refractivity contribution in [2.24, 2.45) is 5.92 Å². The fourth-order valence-electron chi connectivity index (χ4n) is 3.60. The van der Waals surface area contributed by atoms with E-state index in [2.05, 4.69) is 47.9 Å². The average molecular weight is 344 g/mol. The SMILES string of the molecule is CC#CCC1CCC(c2ccc(C#Cc3ccc(C)c(F)c3)cc2)CC1. The topological polar surface area (TPSA) is 0 Å². The normalized spacial score (nSPS) is 19.0. The van der Waals surface area contributed by atoms with Crippen LogP contribution >= 0.6 is 0 Å². The molecular weight excluding hydrogens is 319 g/mol. The second-order valence-electron chi connectivity index (χ2n) is 7.18. The first-order valence-corrected chi connectivity index (χ1v) is 9.43. The van der Waals surface area contributed by atoms with Gasteiger partial charge in [-0.05, 0) is 86.8 Å². The van der Waals surface area contributed by atoms with Crippen LogP contribution in [-0.2, 0) is 0 Å². The molecule has 0 heterocycles. The van der Waals surface area contributed by atoms with Crippen LogP contribution in [0.15, 0.2) is 42.5 Å². The van der Waals surface area contributed by atoms with Gasteiger partial charge in [0.25, 0.3) is 0 Å². The smallest absolute Gasteiger partial charge is 0.127 e. The molecule has 0 amide bonds. The predicted octanol–water partition coefficient (Wildman–Crippen LogP) is 6.22. The molecule has 1 saturated carbocycles. The van der Waals surface area contributed by atoms with Gasteiger partial charge in [-0.3, -0.25) is 0 Å². The predicted molar refractivity (Wildman–Crippen MR) is 106 cm³/mol. The van der Waals surface area contributed by atoms with E-state index in [0.717, 1.165) is 17.9 Å². The Morgan fingerprint density at radius 2 is 1.58 bits per heavy atom. The lowest BCUT2D eigenvalue weighted by Gasteiger charge is -2.27. The van der Waals surface area contributed by atoms with Gasteiger partial charge in [-0.2, -0.15) is 0 Å². The molecule has 3 rings (SSSR count). The molecule has 26 heavy (non-hydrogen) atoms. The van der Waals surface area contributed by atoms with E-state index in [4.69, 9.17) is 0 Å². The van der Waals surface area contributed by atoms with Crippen LogP contribution < -0.4 is 0 Å². The van der Waals surface area contributed by atoms with E-state index >= 15 is 0 Å². The third-order valence-corrected chi connectivity index (χ3v) is 5.32. The van der Waals surface area contributed by atoms with Crippen molar-refractivity contribution < 1.29 is 4.39 Å². The van der Waals surface area contributed by atoms with Gasteiger partial charge in [0.15, 0.2) is 0 Å². The first kappa shape index (κ1) is 18.3. The summed E-state index contributed by atoms with van der Waals surface area (Å²) in [6.07, 6.45) is 6.12. The minimum atomic E-state index is -0.201. The maximum Gasteiger partial charge on any atom is 0.127 e. The molecule has 2 aromatic carbocycles. The summed E-state index contributed by atoms with van der Waals surface area (Å²) < 4.78 is 13.6. The van der Waals surface area contributed by atoms with E-state index in [0.29, 0.717) is 17.0 Å². The molecule has 0 N–H and O–H groups in total. The number of hydrogen-bond acceptors (Lipinski definition) is 0. The van der Waals surface area contributed by atoms with Gasteiger partial charge in [0, 0.05) is 17.5 Å². The second-order valence-corrected chi connectivity index (χ2v) is 7.18. The molecule has 2 aromatic rings. The second kappa shape index (κ2) is 8.73. The van der Waals surface area contributed by atoms with E-state index in [1.807, 2.05) is 13.0 Å². The van der Waals surface area contributed by atoms with Gasteiger partial charge in [0.1, 0.15) is 5.82 Å². The Labute approximate surface area is 156 Å². The molecule has 0 aliphatic heterocycles. The summed E-state index contributed by atoms with van der Waals surface area (Å²) in [7, 11) is 0. The maximum absolute atomic E-state index is 13.6. The summed E-state index contributed by atoms with van der Waals surface area (Å²) in [5, 5.41) is 0. The van der Waals surface area contributed by atoms with Crippen molar-refractivity contribution >= 4 is 0 Å². The third-order valence-electron chi connectivity index (χ3n) is 5.32. The van der Waals surface area contributed by atoms with Gasteiger partial charge >= 0.3 is 0 Å². The molecule has 1 fully saturated rings. The van der Waals surface area contributed by atoms with Gasteiger partial charge in [-0.1, -0.05) is 30.0 Å². The Morgan fingerprint density at radius 1 is 0.923 bits per heavy atom. The number of benzene rings is 2. The Hall–Kier alpha value is -2.51. The maximum atomic E-state index is 13.6. The molecule has 0 nitrogen and oxygen atoms in total. The van der Waals surface area contributed by atoms with Crippen molar-refractivity contribution in [1.29, 1.82) is 0 Å². The molecule has 1 aliphatic carbocycles. The molecule has 1 heteroatoms. The molecule has 0 bridgehead atoms. The van der Waals surface area contributed by atoms with Crippen LogP contribution in [0.5, 0.6) is 0 Å². The first-order valence-electron chi connectivity index (χ1n) is 9.43. The minimum absolute atomic E-state index is 0.201. The van der Waals surface area contributed by atoms with Crippen LogP contribution in [0.25, 0.3) is 0 Å². The molecule has 0 aromatic heterocycles. The summed E-state index contributed by atoms with van der Waals surface area (Å²) in [4.78, 5) is 0. The number of rotatable bonds is 2. The molecular formula is C25H25F. The highest BCUT2D eigenvalue weighted by Gasteiger charge is 2.21. The Kier molecular flexibility index (Phi) is 6.14. The number of aryl methyl sites for hydroxylation is 1. The fourth-order valence-corrected chi connectivity index (χ4v) is 3.60. The van der Waals surface area contributed by atoms with Gasteiger partial charge in [-0.15, -0.1) is 11.8 Å². The number of halogens is 1. The van der Waals surface area contributed by atoms with Gasteiger partial charge in [0.2, 0.25) is 0 Å². The summed E-state index contributed by atoms with van der Waals surface area (Å²) in [5.41, 5.74) is 3.75. The summed E-state index contributed by atoms with van der Waals surface area (Å²) in [6.45, 7) is 3.68. The lowest BCUT2D eigenvalue weighted by molar-refractivity contribution is 0.331. The van der Waals surface area contributed by atoms with E-state index < -0.39 is 0 Å². The van der Waals surface area contributed by atoms with Crippen molar-refractivity contribution in [3.05, 3.63) is 70.5 Å². The zero-order valence-corrected chi connectivity index (χ0v) is 15.6. The molecule has 0 atom stereocenters. The lowest BCUT2D eigenvalue weighted by atomic mass is 9.77. The Bertz CT molecular complexity index is 860. The molecule has 0 unspecified atom stereocenters. The Balaban J connectivity index is 1.61. The van der Waals surface area contributed by atoms with Crippen molar-refractivity contribution in [3.8, 4) is 23.7 Å². The van der Waals surface area contributed by atoms with E-state index in [1.54, 1.807) is 13.0 Å². The fraction of sp³-hybridized carbons (Fsp3) is 0.360. The zero-order valence-electron chi connectivity index (χ0n) is 15.6. The molecule has 1 aliphatic rings. The first-order chi connectivity index (χ1) is 12.7. The van der Waals surface area contributed by atoms with Crippen molar-refractivity contribution in [1.82, 2.24) is 0 Å². The van der Waals surface area contributed by atoms with E-state index in [-0.39, 0.29) is 5.82 Å². The quantitative estimate of drug-likeness (QED) is 0.567. The van der Waals surface area contributed by atoms with Gasteiger partial charge in [-0.25, -0.2) is 4.39 Å². The summed E-state index contributed by atoms with van der Waals surface area (Å²) in [6, 6.07) is 13.7. The highest BCUT2D eigenvalue weighted by molar-refractivity contribution is 5.44. The largest absolute Gasteiger partial charge is 0.207 e. The molecule has 0 spiro atoms. The Morgan fingerprint density at radius 3 is 2.23 bits per heavy atom. The van der Waals surface area contributed by atoms with E-state index in [1.165, 1.54) is 37.3 Å². The summed E-state index contributed by atoms with van der Waals surface area (Å²) >= 11 is 0. The van der Waals surface area contributed by atoms with Crippen molar-refractivity contribution in [2.45, 2.75) is 51.9 Å². The highest BCUT2D eigenvalue weighted by atomic mass is 19.1. The zero-order chi connectivity index (χ0) is 18.4. The average Bonchev–Trinajstić information content (AvgIpc) is 2.68. The summed E-state index contributed by atoms with van der Waals surface area (Å²) in [5.74, 6) is 13.7. The third kappa shape index (κ3) is 4.77. The lowest BCUT2D eigenvalue weighted by Crippen LogP contribution is -2.12. The van der Waals surface area contributed by atoms with Crippen LogP contribution in [0.4, 0.5) is 4.39 Å². The monoisotopic (exact) mass is 344 g/mol. The van der Waals surface area contributed by atoms with Crippen molar-refractivity contribution in [2.75, 3.05) is 0 Å². The van der Waals surface area contributed by atoms with Crippen molar-refractivity contribution in [3.63, 3.8) is 0 Å².